The third-order valence-corrected chi connectivity index (χ3v) is 4.07. The lowest BCUT2D eigenvalue weighted by atomic mass is 9.90. The van der Waals surface area contributed by atoms with Crippen LogP contribution in [-0.2, 0) is 0 Å². The van der Waals surface area contributed by atoms with E-state index in [-0.39, 0.29) is 0 Å². The molecule has 98 valence electrons. The van der Waals surface area contributed by atoms with Crippen molar-refractivity contribution >= 4 is 33.7 Å². The van der Waals surface area contributed by atoms with Gasteiger partial charge in [-0.15, -0.1) is 0 Å². The second-order valence-corrected chi connectivity index (χ2v) is 5.26. The predicted octanol–water partition coefficient (Wildman–Crippen LogP) is 5.90. The fourth-order valence-corrected chi connectivity index (χ4v) is 3.10. The van der Waals surface area contributed by atoms with Crippen LogP contribution in [0.5, 0.6) is 0 Å². The molecule has 3 aromatic carbocycles. The van der Waals surface area contributed by atoms with Crippen LogP contribution in [0.25, 0.3) is 33.7 Å². The number of aryl methyl sites for hydroxylation is 2. The lowest BCUT2D eigenvalue weighted by Crippen LogP contribution is -1.91. The Kier molecular flexibility index (Phi) is 2.94. The van der Waals surface area contributed by atoms with Gasteiger partial charge in [0.2, 0.25) is 0 Å². The summed E-state index contributed by atoms with van der Waals surface area (Å²) in [6.07, 6.45) is 3.87. The topological polar surface area (TPSA) is 0 Å². The first-order chi connectivity index (χ1) is 9.67. The first-order valence-electron chi connectivity index (χ1n) is 6.88. The zero-order chi connectivity index (χ0) is 14.3. The van der Waals surface area contributed by atoms with Crippen LogP contribution in [-0.4, -0.2) is 0 Å². The molecular formula is C20H18. The first-order valence-corrected chi connectivity index (χ1v) is 6.88. The Morgan fingerprint density at radius 2 is 1.30 bits per heavy atom. The normalized spacial score (nSPS) is 10.9. The summed E-state index contributed by atoms with van der Waals surface area (Å²) in [5, 5.41) is 5.19. The number of fused-ring (bicyclic) bond motifs is 3. The van der Waals surface area contributed by atoms with Gasteiger partial charge >= 0.3 is 0 Å². The SMILES string of the molecule is C=Cc1c(C)cc2c(cc(C)c3ccccc32)c1C=C. The summed E-state index contributed by atoms with van der Waals surface area (Å²) in [4.78, 5) is 0. The van der Waals surface area contributed by atoms with Crippen LogP contribution in [0.2, 0.25) is 0 Å². The van der Waals surface area contributed by atoms with Crippen LogP contribution in [0.1, 0.15) is 22.3 Å². The Morgan fingerprint density at radius 3 is 1.95 bits per heavy atom. The van der Waals surface area contributed by atoms with E-state index < -0.39 is 0 Å². The second kappa shape index (κ2) is 4.64. The van der Waals surface area contributed by atoms with E-state index in [0.29, 0.717) is 0 Å². The molecule has 0 aliphatic carbocycles. The molecule has 3 rings (SSSR count). The van der Waals surface area contributed by atoms with Crippen molar-refractivity contribution in [3.8, 4) is 0 Å². The summed E-state index contributed by atoms with van der Waals surface area (Å²) in [7, 11) is 0. The van der Waals surface area contributed by atoms with Gasteiger partial charge in [-0.2, -0.15) is 0 Å². The zero-order valence-electron chi connectivity index (χ0n) is 12.0. The smallest absolute Gasteiger partial charge is 0.00961 e. The highest BCUT2D eigenvalue weighted by Gasteiger charge is 2.10. The monoisotopic (exact) mass is 258 g/mol. The molecule has 0 N–H and O–H groups in total. The molecule has 0 saturated carbocycles. The van der Waals surface area contributed by atoms with Crippen molar-refractivity contribution in [3.63, 3.8) is 0 Å². The van der Waals surface area contributed by atoms with Crippen molar-refractivity contribution in [3.05, 3.63) is 71.8 Å². The van der Waals surface area contributed by atoms with Gasteiger partial charge in [0.15, 0.2) is 0 Å². The Bertz CT molecular complexity index is 851. The molecule has 0 heteroatoms. The van der Waals surface area contributed by atoms with Crippen LogP contribution >= 0.6 is 0 Å². The van der Waals surface area contributed by atoms with Gasteiger partial charge in [-0.1, -0.05) is 61.7 Å². The first kappa shape index (κ1) is 12.7. The van der Waals surface area contributed by atoms with Gasteiger partial charge in [-0.25, -0.2) is 0 Å². The fourth-order valence-electron chi connectivity index (χ4n) is 3.10. The quantitative estimate of drug-likeness (QED) is 0.502. The lowest BCUT2D eigenvalue weighted by molar-refractivity contribution is 1.46. The summed E-state index contributed by atoms with van der Waals surface area (Å²) >= 11 is 0. The van der Waals surface area contributed by atoms with Crippen molar-refractivity contribution in [2.24, 2.45) is 0 Å². The van der Waals surface area contributed by atoms with E-state index in [9.17, 15) is 0 Å². The van der Waals surface area contributed by atoms with Crippen molar-refractivity contribution in [1.82, 2.24) is 0 Å². The second-order valence-electron chi connectivity index (χ2n) is 5.26. The highest BCUT2D eigenvalue weighted by molar-refractivity contribution is 6.12. The molecule has 0 nitrogen and oxygen atoms in total. The number of hydrogen-bond donors (Lipinski definition) is 0. The number of hydrogen-bond acceptors (Lipinski definition) is 0. The predicted molar refractivity (Wildman–Crippen MR) is 91.1 cm³/mol. The van der Waals surface area contributed by atoms with E-state index in [1.54, 1.807) is 0 Å². The Morgan fingerprint density at radius 1 is 0.700 bits per heavy atom. The highest BCUT2D eigenvalue weighted by atomic mass is 14.1. The van der Waals surface area contributed by atoms with Gasteiger partial charge in [0.05, 0.1) is 0 Å². The van der Waals surface area contributed by atoms with Gasteiger partial charge < -0.3 is 0 Å². The van der Waals surface area contributed by atoms with Gasteiger partial charge in [0.25, 0.3) is 0 Å². The van der Waals surface area contributed by atoms with E-state index in [1.165, 1.54) is 43.8 Å². The molecule has 0 heterocycles. The zero-order valence-corrected chi connectivity index (χ0v) is 12.0. The van der Waals surface area contributed by atoms with Crippen LogP contribution in [0.15, 0.2) is 49.6 Å². The van der Waals surface area contributed by atoms with Crippen molar-refractivity contribution in [2.75, 3.05) is 0 Å². The molecule has 3 aromatic rings. The number of rotatable bonds is 2. The molecule has 20 heavy (non-hydrogen) atoms. The van der Waals surface area contributed by atoms with Crippen molar-refractivity contribution in [2.45, 2.75) is 13.8 Å². The third-order valence-electron chi connectivity index (χ3n) is 4.07. The van der Waals surface area contributed by atoms with E-state index >= 15 is 0 Å². The van der Waals surface area contributed by atoms with Gasteiger partial charge in [0, 0.05) is 0 Å². The van der Waals surface area contributed by atoms with E-state index in [4.69, 9.17) is 0 Å². The van der Waals surface area contributed by atoms with Crippen LogP contribution in [0.4, 0.5) is 0 Å². The minimum absolute atomic E-state index is 1.18. The molecular weight excluding hydrogens is 240 g/mol. The molecule has 0 aliphatic rings. The molecule has 0 atom stereocenters. The maximum Gasteiger partial charge on any atom is -0.00961 e. The minimum atomic E-state index is 1.18. The fraction of sp³-hybridized carbons (Fsp3) is 0.100. The Hall–Kier alpha value is -2.34. The molecule has 0 unspecified atom stereocenters. The maximum atomic E-state index is 3.99. The van der Waals surface area contributed by atoms with Crippen molar-refractivity contribution < 1.29 is 0 Å². The van der Waals surface area contributed by atoms with Crippen molar-refractivity contribution in [1.29, 1.82) is 0 Å². The molecule has 0 spiro atoms. The Balaban J connectivity index is 2.64. The molecule has 0 amide bonds. The molecule has 0 aliphatic heterocycles. The Labute approximate surface area is 120 Å². The summed E-state index contributed by atoms with van der Waals surface area (Å²) in [5.74, 6) is 0. The summed E-state index contributed by atoms with van der Waals surface area (Å²) in [6.45, 7) is 12.2. The lowest BCUT2D eigenvalue weighted by Gasteiger charge is -2.14. The number of benzene rings is 3. The van der Waals surface area contributed by atoms with E-state index in [0.717, 1.165) is 0 Å². The molecule has 0 radical (unpaired) electrons. The minimum Gasteiger partial charge on any atom is -0.0984 e. The van der Waals surface area contributed by atoms with Gasteiger partial charge in [0.1, 0.15) is 0 Å². The van der Waals surface area contributed by atoms with Crippen LogP contribution in [0.3, 0.4) is 0 Å². The van der Waals surface area contributed by atoms with E-state index in [1.807, 2.05) is 12.2 Å². The summed E-state index contributed by atoms with van der Waals surface area (Å²) in [6, 6.07) is 13.1. The largest absolute Gasteiger partial charge is 0.0984 e. The molecule has 0 bridgehead atoms. The average molecular weight is 258 g/mol. The average Bonchev–Trinajstić information content (AvgIpc) is 2.47. The van der Waals surface area contributed by atoms with Crippen LogP contribution in [0, 0.1) is 13.8 Å². The van der Waals surface area contributed by atoms with E-state index in [2.05, 4.69) is 63.4 Å². The summed E-state index contributed by atoms with van der Waals surface area (Å²) in [5.41, 5.74) is 4.91. The molecule has 0 fully saturated rings. The van der Waals surface area contributed by atoms with Gasteiger partial charge in [-0.05, 0) is 57.6 Å². The molecule has 0 saturated heterocycles. The maximum absolute atomic E-state index is 3.99. The highest BCUT2D eigenvalue weighted by Crippen LogP contribution is 2.34. The molecule has 0 aromatic heterocycles. The van der Waals surface area contributed by atoms with Crippen LogP contribution < -0.4 is 0 Å². The summed E-state index contributed by atoms with van der Waals surface area (Å²) < 4.78 is 0. The van der Waals surface area contributed by atoms with Gasteiger partial charge in [-0.3, -0.25) is 0 Å². The third kappa shape index (κ3) is 1.69. The standard InChI is InChI=1S/C20H18/c1-5-15-13(3)11-20-18-10-8-7-9-17(18)14(4)12-19(20)16(15)6-2/h5-12H,1-2H2,3-4H3.